The number of halogens is 4. The van der Waals surface area contributed by atoms with Crippen molar-refractivity contribution in [3.63, 3.8) is 0 Å². The van der Waals surface area contributed by atoms with Crippen LogP contribution in [0.4, 0.5) is 17.6 Å². The van der Waals surface area contributed by atoms with Crippen molar-refractivity contribution in [3.05, 3.63) is 99.8 Å². The van der Waals surface area contributed by atoms with Crippen molar-refractivity contribution in [2.24, 2.45) is 0 Å². The van der Waals surface area contributed by atoms with Crippen molar-refractivity contribution in [2.75, 3.05) is 0 Å². The molecule has 0 amide bonds. The minimum absolute atomic E-state index is 0.0885. The summed E-state index contributed by atoms with van der Waals surface area (Å²) >= 11 is 0. The molecule has 0 fully saturated rings. The number of hydrogen-bond donors (Lipinski definition) is 0. The van der Waals surface area contributed by atoms with Gasteiger partial charge in [0.25, 0.3) is 0 Å². The first-order valence-electron chi connectivity index (χ1n) is 10.4. The first kappa shape index (κ1) is 21.8. The predicted molar refractivity (Wildman–Crippen MR) is 114 cm³/mol. The van der Waals surface area contributed by atoms with E-state index in [0.717, 1.165) is 42.7 Å². The maximum atomic E-state index is 15.1. The van der Waals surface area contributed by atoms with Crippen molar-refractivity contribution in [2.45, 2.75) is 32.6 Å². The highest BCUT2D eigenvalue weighted by Crippen LogP contribution is 2.35. The average Bonchev–Trinajstić information content (AvgIpc) is 2.76. The van der Waals surface area contributed by atoms with Gasteiger partial charge in [-0.1, -0.05) is 31.5 Å². The molecule has 0 aliphatic heterocycles. The van der Waals surface area contributed by atoms with Gasteiger partial charge in [-0.05, 0) is 71.5 Å². The molecule has 0 saturated carbocycles. The molecular weight excluding hydrogens is 420 g/mol. The molecule has 0 spiro atoms. The molecule has 2 nitrogen and oxygen atoms in total. The zero-order valence-corrected chi connectivity index (χ0v) is 17.4. The summed E-state index contributed by atoms with van der Waals surface area (Å²) in [6.45, 7) is 2.07. The lowest BCUT2D eigenvalue weighted by Gasteiger charge is -2.19. The molecule has 0 atom stereocenters. The smallest absolute Gasteiger partial charge is 0.343 e. The average molecular weight is 440 g/mol. The molecule has 0 unspecified atom stereocenters. The van der Waals surface area contributed by atoms with Gasteiger partial charge >= 0.3 is 5.97 Å². The fraction of sp³-hybridized carbons (Fsp3) is 0.192. The van der Waals surface area contributed by atoms with E-state index in [-0.39, 0.29) is 29.5 Å². The molecule has 0 N–H and O–H groups in total. The van der Waals surface area contributed by atoms with Crippen molar-refractivity contribution in [1.82, 2.24) is 0 Å². The third-order valence-corrected chi connectivity index (χ3v) is 5.45. The van der Waals surface area contributed by atoms with E-state index >= 15 is 4.39 Å². The summed E-state index contributed by atoms with van der Waals surface area (Å²) in [6, 6.07) is 11.0. The Morgan fingerprint density at radius 3 is 2.34 bits per heavy atom. The zero-order chi connectivity index (χ0) is 22.8. The third kappa shape index (κ3) is 4.31. The highest BCUT2D eigenvalue weighted by molar-refractivity contribution is 5.90. The topological polar surface area (TPSA) is 26.3 Å². The number of allylic oxidation sites excluding steroid dienone is 1. The summed E-state index contributed by atoms with van der Waals surface area (Å²) in [5.74, 6) is -4.26. The number of rotatable bonds is 5. The van der Waals surface area contributed by atoms with Crippen LogP contribution in [0.2, 0.25) is 0 Å². The lowest BCUT2D eigenvalue weighted by molar-refractivity contribution is 0.0617. The summed E-state index contributed by atoms with van der Waals surface area (Å²) in [5.41, 5.74) is 1.49. The summed E-state index contributed by atoms with van der Waals surface area (Å²) < 4.78 is 62.0. The largest absolute Gasteiger partial charge is 0.427 e. The van der Waals surface area contributed by atoms with Gasteiger partial charge in [-0.25, -0.2) is 22.4 Å². The molecule has 0 radical (unpaired) electrons. The van der Waals surface area contributed by atoms with E-state index in [0.29, 0.717) is 11.3 Å². The second kappa shape index (κ2) is 8.99. The van der Waals surface area contributed by atoms with Crippen molar-refractivity contribution in [3.8, 4) is 11.1 Å². The molecule has 3 aromatic rings. The van der Waals surface area contributed by atoms with Crippen LogP contribution >= 0.6 is 0 Å². The quantitative estimate of drug-likeness (QED) is 0.315. The van der Waals surface area contributed by atoms with Gasteiger partial charge in [-0.3, -0.25) is 0 Å². The lowest BCUT2D eigenvalue weighted by Crippen LogP contribution is -2.11. The first-order chi connectivity index (χ1) is 15.4. The van der Waals surface area contributed by atoms with Crippen LogP contribution in [0.15, 0.2) is 54.3 Å². The number of fused-ring (bicyclic) bond motifs is 1. The number of carbonyl (C=O) groups excluding carboxylic acids is 1. The van der Waals surface area contributed by atoms with Crippen LogP contribution in [-0.2, 0) is 17.6 Å². The van der Waals surface area contributed by atoms with Gasteiger partial charge < -0.3 is 4.74 Å². The monoisotopic (exact) mass is 440 g/mol. The maximum Gasteiger partial charge on any atom is 0.343 e. The molecule has 164 valence electrons. The van der Waals surface area contributed by atoms with Crippen molar-refractivity contribution < 1.29 is 27.1 Å². The van der Waals surface area contributed by atoms with Crippen LogP contribution in [0.25, 0.3) is 17.2 Å². The van der Waals surface area contributed by atoms with Gasteiger partial charge in [0.05, 0.1) is 11.1 Å². The summed E-state index contributed by atoms with van der Waals surface area (Å²) in [5, 5.41) is 0. The van der Waals surface area contributed by atoms with Crippen molar-refractivity contribution in [1.29, 1.82) is 0 Å². The fourth-order valence-corrected chi connectivity index (χ4v) is 3.83. The number of aryl methyl sites for hydroxylation is 1. The van der Waals surface area contributed by atoms with Gasteiger partial charge in [0.2, 0.25) is 0 Å². The highest BCUT2D eigenvalue weighted by atomic mass is 19.2. The number of benzene rings is 3. The van der Waals surface area contributed by atoms with Crippen molar-refractivity contribution >= 4 is 12.0 Å². The van der Waals surface area contributed by atoms with Gasteiger partial charge in [-0.2, -0.15) is 0 Å². The summed E-state index contributed by atoms with van der Waals surface area (Å²) in [7, 11) is 0. The van der Waals surface area contributed by atoms with Gasteiger partial charge in [0, 0.05) is 6.42 Å². The second-order valence-electron chi connectivity index (χ2n) is 7.69. The first-order valence-corrected chi connectivity index (χ1v) is 10.4. The fourth-order valence-electron chi connectivity index (χ4n) is 3.83. The van der Waals surface area contributed by atoms with E-state index in [4.69, 9.17) is 4.74 Å². The van der Waals surface area contributed by atoms with E-state index < -0.39 is 34.8 Å². The molecule has 0 heterocycles. The Morgan fingerprint density at radius 2 is 1.66 bits per heavy atom. The molecule has 32 heavy (non-hydrogen) atoms. The molecule has 0 aromatic heterocycles. The molecule has 0 saturated heterocycles. The maximum absolute atomic E-state index is 15.1. The molecule has 6 heteroatoms. The van der Waals surface area contributed by atoms with Gasteiger partial charge in [0.15, 0.2) is 11.6 Å². The van der Waals surface area contributed by atoms with E-state index in [1.165, 1.54) is 6.08 Å². The number of hydrogen-bond acceptors (Lipinski definition) is 2. The van der Waals surface area contributed by atoms with E-state index in [1.54, 1.807) is 12.1 Å². The minimum Gasteiger partial charge on any atom is -0.427 e. The SMILES string of the molecule is CCCc1ccc(C(=O)OC2=Cc3cc(F)c(-c4ccc(F)c(F)c4)c(F)c3CC2)cc1. The summed E-state index contributed by atoms with van der Waals surface area (Å²) in [6.07, 6.45) is 3.77. The molecule has 3 aromatic carbocycles. The van der Waals surface area contributed by atoms with Gasteiger partial charge in [0.1, 0.15) is 17.4 Å². The standard InChI is InChI=1S/C26H20F4O2/c1-2-3-15-4-6-16(7-5-15)26(31)32-19-9-10-20-18(12-19)14-23(29)24(25(20)30)17-8-11-21(27)22(28)13-17/h4-8,11-14H,2-3,9-10H2,1H3. The third-order valence-electron chi connectivity index (χ3n) is 5.45. The van der Waals surface area contributed by atoms with E-state index in [2.05, 4.69) is 6.92 Å². The van der Waals surface area contributed by atoms with Crippen LogP contribution < -0.4 is 0 Å². The Morgan fingerprint density at radius 1 is 0.906 bits per heavy atom. The van der Waals surface area contributed by atoms with Gasteiger partial charge in [-0.15, -0.1) is 0 Å². The lowest BCUT2D eigenvalue weighted by atomic mass is 9.91. The van der Waals surface area contributed by atoms with E-state index in [9.17, 15) is 18.0 Å². The highest BCUT2D eigenvalue weighted by Gasteiger charge is 2.24. The second-order valence-corrected chi connectivity index (χ2v) is 7.69. The Labute approximate surface area is 183 Å². The van der Waals surface area contributed by atoms with Crippen LogP contribution in [0.5, 0.6) is 0 Å². The Bertz CT molecular complexity index is 1210. The summed E-state index contributed by atoms with van der Waals surface area (Å²) in [4.78, 5) is 12.4. The molecule has 1 aliphatic carbocycles. The van der Waals surface area contributed by atoms with Crippen LogP contribution in [0, 0.1) is 23.3 Å². The number of esters is 1. The van der Waals surface area contributed by atoms with Crippen LogP contribution in [-0.4, -0.2) is 5.97 Å². The Hall–Kier alpha value is -3.41. The van der Waals surface area contributed by atoms with E-state index in [1.807, 2.05) is 12.1 Å². The normalized spacial score (nSPS) is 12.8. The molecule has 0 bridgehead atoms. The molecule has 4 rings (SSSR count). The Balaban J connectivity index is 1.59. The zero-order valence-electron chi connectivity index (χ0n) is 17.4. The molecule has 1 aliphatic rings. The minimum atomic E-state index is -1.18. The Kier molecular flexibility index (Phi) is 6.12. The predicted octanol–water partition coefficient (Wildman–Crippen LogP) is 7.01. The molecular formula is C26H20F4O2. The number of ether oxygens (including phenoxy) is 1. The number of carbonyl (C=O) groups is 1. The van der Waals surface area contributed by atoms with Crippen LogP contribution in [0.1, 0.15) is 46.8 Å². The van der Waals surface area contributed by atoms with Crippen LogP contribution in [0.3, 0.4) is 0 Å².